The van der Waals surface area contributed by atoms with Gasteiger partial charge in [-0.25, -0.2) is 0 Å². The Kier molecular flexibility index (Phi) is 5.78. The van der Waals surface area contributed by atoms with Crippen LogP contribution < -0.4 is 10.1 Å². The highest BCUT2D eigenvalue weighted by atomic mass is 16.5. The molecule has 0 bridgehead atoms. The standard InChI is InChI=1S/C17H23N3O4/c1-12-4-5-15(24-3)14(10-12)18-16(22)11-17(23)20-8-6-19(7-9-20)13(2)21/h4-5,10H,6-9,11H2,1-3H3,(H,18,22). The summed E-state index contributed by atoms with van der Waals surface area (Å²) in [5.41, 5.74) is 1.54. The molecule has 7 nitrogen and oxygen atoms in total. The fourth-order valence-corrected chi connectivity index (χ4v) is 2.63. The van der Waals surface area contributed by atoms with Crippen LogP contribution >= 0.6 is 0 Å². The molecule has 1 aromatic carbocycles. The second-order valence-corrected chi connectivity index (χ2v) is 5.82. The second kappa shape index (κ2) is 7.81. The predicted octanol–water partition coefficient (Wildman–Crippen LogP) is 1.02. The molecule has 1 aliphatic heterocycles. The number of hydrogen-bond donors (Lipinski definition) is 1. The van der Waals surface area contributed by atoms with E-state index in [1.165, 1.54) is 14.0 Å². The molecule has 7 heteroatoms. The summed E-state index contributed by atoms with van der Waals surface area (Å²) in [6.07, 6.45) is -0.225. The molecule has 1 N–H and O–H groups in total. The van der Waals surface area contributed by atoms with E-state index in [1.807, 2.05) is 13.0 Å². The zero-order valence-electron chi connectivity index (χ0n) is 14.3. The van der Waals surface area contributed by atoms with Crippen LogP contribution in [0.5, 0.6) is 5.75 Å². The third-order valence-corrected chi connectivity index (χ3v) is 4.02. The Morgan fingerprint density at radius 2 is 1.75 bits per heavy atom. The van der Waals surface area contributed by atoms with Crippen molar-refractivity contribution in [1.29, 1.82) is 0 Å². The van der Waals surface area contributed by atoms with Gasteiger partial charge >= 0.3 is 0 Å². The summed E-state index contributed by atoms with van der Waals surface area (Å²) in [5, 5.41) is 2.72. The van der Waals surface area contributed by atoms with Gasteiger partial charge in [0, 0.05) is 33.1 Å². The Hall–Kier alpha value is -2.57. The third-order valence-electron chi connectivity index (χ3n) is 4.02. The van der Waals surface area contributed by atoms with Gasteiger partial charge in [0.2, 0.25) is 17.7 Å². The van der Waals surface area contributed by atoms with Gasteiger partial charge in [0.05, 0.1) is 12.8 Å². The van der Waals surface area contributed by atoms with Crippen molar-refractivity contribution in [2.75, 3.05) is 38.6 Å². The fraction of sp³-hybridized carbons (Fsp3) is 0.471. The van der Waals surface area contributed by atoms with Crippen molar-refractivity contribution >= 4 is 23.4 Å². The molecule has 0 radical (unpaired) electrons. The van der Waals surface area contributed by atoms with E-state index in [9.17, 15) is 14.4 Å². The minimum Gasteiger partial charge on any atom is -0.495 e. The van der Waals surface area contributed by atoms with Crippen LogP contribution in [-0.4, -0.2) is 60.8 Å². The molecule has 1 aliphatic rings. The number of ether oxygens (including phenoxy) is 1. The molecule has 0 aromatic heterocycles. The van der Waals surface area contributed by atoms with Gasteiger partial charge in [-0.05, 0) is 24.6 Å². The normalized spacial score (nSPS) is 14.3. The van der Waals surface area contributed by atoms with E-state index in [4.69, 9.17) is 4.74 Å². The van der Waals surface area contributed by atoms with Gasteiger partial charge in [0.1, 0.15) is 12.2 Å². The Labute approximate surface area is 141 Å². The largest absolute Gasteiger partial charge is 0.495 e. The molecule has 1 aromatic rings. The number of piperazine rings is 1. The number of nitrogens with one attached hydrogen (secondary N) is 1. The highest BCUT2D eigenvalue weighted by molar-refractivity contribution is 6.04. The predicted molar refractivity (Wildman–Crippen MR) is 89.8 cm³/mol. The third kappa shape index (κ3) is 4.47. The van der Waals surface area contributed by atoms with E-state index in [1.54, 1.807) is 21.9 Å². The number of hydrogen-bond acceptors (Lipinski definition) is 4. The zero-order chi connectivity index (χ0) is 17.7. The highest BCUT2D eigenvalue weighted by Gasteiger charge is 2.24. The first-order valence-electron chi connectivity index (χ1n) is 7.88. The summed E-state index contributed by atoms with van der Waals surface area (Å²) in [6, 6.07) is 5.45. The average Bonchev–Trinajstić information content (AvgIpc) is 2.55. The maximum Gasteiger partial charge on any atom is 0.233 e. The smallest absolute Gasteiger partial charge is 0.233 e. The molecule has 0 aliphatic carbocycles. The maximum atomic E-state index is 12.2. The minimum atomic E-state index is -0.377. The Morgan fingerprint density at radius 1 is 1.12 bits per heavy atom. The number of methoxy groups -OCH3 is 1. The number of carbonyl (C=O) groups is 3. The summed E-state index contributed by atoms with van der Waals surface area (Å²) in [4.78, 5) is 39.0. The van der Waals surface area contributed by atoms with Crippen LogP contribution in [0, 0.1) is 6.92 Å². The van der Waals surface area contributed by atoms with Crippen LogP contribution in [0.2, 0.25) is 0 Å². The van der Waals surface area contributed by atoms with Crippen LogP contribution in [0.15, 0.2) is 18.2 Å². The van der Waals surface area contributed by atoms with Crippen molar-refractivity contribution in [3.05, 3.63) is 23.8 Å². The van der Waals surface area contributed by atoms with Crippen LogP contribution in [0.25, 0.3) is 0 Å². The first-order valence-corrected chi connectivity index (χ1v) is 7.88. The summed E-state index contributed by atoms with van der Waals surface area (Å²) >= 11 is 0. The van der Waals surface area contributed by atoms with Crippen molar-refractivity contribution in [2.45, 2.75) is 20.3 Å². The number of carbonyl (C=O) groups excluding carboxylic acids is 3. The van der Waals surface area contributed by atoms with Gasteiger partial charge in [-0.1, -0.05) is 6.07 Å². The first kappa shape index (κ1) is 17.8. The second-order valence-electron chi connectivity index (χ2n) is 5.82. The van der Waals surface area contributed by atoms with Crippen molar-refractivity contribution in [3.8, 4) is 5.75 Å². The quantitative estimate of drug-likeness (QED) is 0.835. The maximum absolute atomic E-state index is 12.2. The van der Waals surface area contributed by atoms with Gasteiger partial charge in [-0.2, -0.15) is 0 Å². The highest BCUT2D eigenvalue weighted by Crippen LogP contribution is 2.25. The number of benzene rings is 1. The first-order chi connectivity index (χ1) is 11.4. The fourth-order valence-electron chi connectivity index (χ4n) is 2.63. The van der Waals surface area contributed by atoms with E-state index in [-0.39, 0.29) is 24.1 Å². The Balaban J connectivity index is 1.90. The van der Waals surface area contributed by atoms with Gasteiger partial charge in [-0.15, -0.1) is 0 Å². The van der Waals surface area contributed by atoms with Crippen molar-refractivity contribution in [3.63, 3.8) is 0 Å². The van der Waals surface area contributed by atoms with Gasteiger partial charge in [-0.3, -0.25) is 14.4 Å². The van der Waals surface area contributed by atoms with E-state index in [0.717, 1.165) is 5.56 Å². The molecule has 24 heavy (non-hydrogen) atoms. The lowest BCUT2D eigenvalue weighted by Gasteiger charge is -2.34. The topological polar surface area (TPSA) is 79.0 Å². The molecular weight excluding hydrogens is 310 g/mol. The SMILES string of the molecule is COc1ccc(C)cc1NC(=O)CC(=O)N1CCN(C(C)=O)CC1. The molecule has 0 spiro atoms. The number of aryl methyl sites for hydroxylation is 1. The van der Waals surface area contributed by atoms with E-state index in [2.05, 4.69) is 5.32 Å². The van der Waals surface area contributed by atoms with Crippen LogP contribution in [-0.2, 0) is 14.4 Å². The number of nitrogens with zero attached hydrogens (tertiary/aromatic N) is 2. The van der Waals surface area contributed by atoms with Crippen LogP contribution in [0.1, 0.15) is 18.9 Å². The van der Waals surface area contributed by atoms with Gasteiger partial charge in [0.25, 0.3) is 0 Å². The molecule has 0 saturated carbocycles. The molecule has 1 saturated heterocycles. The lowest BCUT2D eigenvalue weighted by atomic mass is 10.2. The minimum absolute atomic E-state index is 0.00591. The molecule has 1 fully saturated rings. The van der Waals surface area contributed by atoms with Gasteiger partial charge in [0.15, 0.2) is 0 Å². The molecule has 0 unspecified atom stereocenters. The van der Waals surface area contributed by atoms with Crippen molar-refractivity contribution < 1.29 is 19.1 Å². The molecule has 3 amide bonds. The Morgan fingerprint density at radius 3 is 2.33 bits per heavy atom. The molecule has 2 rings (SSSR count). The van der Waals surface area contributed by atoms with Crippen LogP contribution in [0.4, 0.5) is 5.69 Å². The van der Waals surface area contributed by atoms with E-state index >= 15 is 0 Å². The lowest BCUT2D eigenvalue weighted by molar-refractivity contribution is -0.140. The van der Waals surface area contributed by atoms with Gasteiger partial charge < -0.3 is 19.9 Å². The monoisotopic (exact) mass is 333 g/mol. The van der Waals surface area contributed by atoms with E-state index in [0.29, 0.717) is 37.6 Å². The molecular formula is C17H23N3O4. The van der Waals surface area contributed by atoms with Crippen molar-refractivity contribution in [2.24, 2.45) is 0 Å². The number of amides is 3. The van der Waals surface area contributed by atoms with Crippen LogP contribution in [0.3, 0.4) is 0 Å². The number of rotatable bonds is 4. The Bertz CT molecular complexity index is 637. The summed E-state index contributed by atoms with van der Waals surface area (Å²) < 4.78 is 5.21. The van der Waals surface area contributed by atoms with Crippen molar-refractivity contribution in [1.82, 2.24) is 9.80 Å². The summed E-state index contributed by atoms with van der Waals surface area (Å²) in [5.74, 6) is -0.0527. The summed E-state index contributed by atoms with van der Waals surface area (Å²) in [6.45, 7) is 5.36. The average molecular weight is 333 g/mol. The number of anilines is 1. The summed E-state index contributed by atoms with van der Waals surface area (Å²) in [7, 11) is 1.53. The molecule has 0 atom stereocenters. The zero-order valence-corrected chi connectivity index (χ0v) is 14.3. The molecule has 130 valence electrons. The molecule has 1 heterocycles. The lowest BCUT2D eigenvalue weighted by Crippen LogP contribution is -2.50. The van der Waals surface area contributed by atoms with E-state index < -0.39 is 0 Å².